The summed E-state index contributed by atoms with van der Waals surface area (Å²) in [4.78, 5) is 23.7. The van der Waals surface area contributed by atoms with Gasteiger partial charge in [0, 0.05) is 6.42 Å². The molecule has 0 saturated heterocycles. The van der Waals surface area contributed by atoms with Crippen LogP contribution in [0.4, 0.5) is 0 Å². The Hall–Kier alpha value is -2.17. The number of amides is 1. The Kier molecular flexibility index (Phi) is 8.01. The Morgan fingerprint density at radius 3 is 2.41 bits per heavy atom. The maximum atomic E-state index is 11.9. The molecule has 27 heavy (non-hydrogen) atoms. The molecule has 0 aliphatic carbocycles. The van der Waals surface area contributed by atoms with Gasteiger partial charge in [0.05, 0.1) is 10.7 Å². The van der Waals surface area contributed by atoms with Crippen molar-refractivity contribution in [1.82, 2.24) is 5.32 Å². The van der Waals surface area contributed by atoms with Gasteiger partial charge in [0.1, 0.15) is 24.6 Å². The fourth-order valence-corrected chi connectivity index (χ4v) is 3.10. The lowest BCUT2D eigenvalue weighted by molar-refractivity contribution is -0.145. The molecule has 0 saturated carbocycles. The van der Waals surface area contributed by atoms with E-state index in [0.29, 0.717) is 6.61 Å². The molecule has 0 fully saturated rings. The Bertz CT molecular complexity index is 784. The molecular formula is C19H22IN3O4. The van der Waals surface area contributed by atoms with Crippen LogP contribution in [0.2, 0.25) is 0 Å². The predicted molar refractivity (Wildman–Crippen MR) is 110 cm³/mol. The van der Waals surface area contributed by atoms with Gasteiger partial charge >= 0.3 is 5.97 Å². The second-order valence-electron chi connectivity index (χ2n) is 5.85. The minimum atomic E-state index is -1.20. The highest BCUT2D eigenvalue weighted by atomic mass is 127. The number of halogens is 1. The normalized spacial score (nSPS) is 11.7. The predicted octanol–water partition coefficient (Wildman–Crippen LogP) is 1.31. The molecule has 0 heterocycles. The summed E-state index contributed by atoms with van der Waals surface area (Å²) in [7, 11) is 1.26. The molecule has 0 unspecified atom stereocenters. The molecule has 0 aliphatic heterocycles. The first-order valence-corrected chi connectivity index (χ1v) is 9.33. The standard InChI is InChI=1S/C19H22IN3O4/c1-26-19(25)15(23-18(24)17(21)22)10-13-7-8-16(14(20)9-13)27-11-12-5-3-2-4-6-12/h2-9,15,17H,10-11,21-22H2,1H3,(H,23,24)/t15-/m0/s1. The van der Waals surface area contributed by atoms with Gasteiger partial charge in [0.2, 0.25) is 0 Å². The van der Waals surface area contributed by atoms with Crippen LogP contribution < -0.4 is 21.5 Å². The molecule has 0 spiro atoms. The van der Waals surface area contributed by atoms with Crippen molar-refractivity contribution in [2.75, 3.05) is 7.11 Å². The Balaban J connectivity index is 2.05. The highest BCUT2D eigenvalue weighted by Crippen LogP contribution is 2.24. The van der Waals surface area contributed by atoms with Gasteiger partial charge in [0.25, 0.3) is 5.91 Å². The number of hydrogen-bond acceptors (Lipinski definition) is 6. The molecular weight excluding hydrogens is 461 g/mol. The lowest BCUT2D eigenvalue weighted by Gasteiger charge is -2.18. The van der Waals surface area contributed by atoms with Gasteiger partial charge in [-0.3, -0.25) is 4.79 Å². The molecule has 8 heteroatoms. The van der Waals surface area contributed by atoms with E-state index in [2.05, 4.69) is 27.9 Å². The number of rotatable bonds is 8. The summed E-state index contributed by atoms with van der Waals surface area (Å²) >= 11 is 2.17. The topological polar surface area (TPSA) is 117 Å². The summed E-state index contributed by atoms with van der Waals surface area (Å²) in [5.74, 6) is -0.447. The smallest absolute Gasteiger partial charge is 0.328 e. The maximum absolute atomic E-state index is 11.9. The molecule has 1 amide bonds. The average molecular weight is 483 g/mol. The lowest BCUT2D eigenvalue weighted by atomic mass is 10.1. The summed E-state index contributed by atoms with van der Waals surface area (Å²) in [6.45, 7) is 0.464. The van der Waals surface area contributed by atoms with E-state index >= 15 is 0 Å². The molecule has 0 aliphatic rings. The second kappa shape index (κ2) is 10.2. The summed E-state index contributed by atoms with van der Waals surface area (Å²) in [5.41, 5.74) is 12.6. The third-order valence-corrected chi connectivity index (χ3v) is 4.62. The third kappa shape index (κ3) is 6.49. The first-order valence-electron chi connectivity index (χ1n) is 8.25. The van der Waals surface area contributed by atoms with Crippen molar-refractivity contribution in [1.29, 1.82) is 0 Å². The number of carbonyl (C=O) groups is 2. The van der Waals surface area contributed by atoms with Crippen LogP contribution in [0.25, 0.3) is 0 Å². The second-order valence-corrected chi connectivity index (χ2v) is 7.02. The summed E-state index contributed by atoms with van der Waals surface area (Å²) in [5, 5.41) is 2.50. The zero-order valence-electron chi connectivity index (χ0n) is 14.9. The van der Waals surface area contributed by atoms with Gasteiger partial charge in [-0.05, 0) is 45.9 Å². The van der Waals surface area contributed by atoms with E-state index in [4.69, 9.17) is 20.9 Å². The van der Waals surface area contributed by atoms with Crippen LogP contribution in [0.5, 0.6) is 5.75 Å². The van der Waals surface area contributed by atoms with Crippen molar-refractivity contribution in [2.45, 2.75) is 25.2 Å². The van der Waals surface area contributed by atoms with E-state index in [1.807, 2.05) is 48.5 Å². The molecule has 7 nitrogen and oxygen atoms in total. The molecule has 0 radical (unpaired) electrons. The molecule has 2 rings (SSSR count). The van der Waals surface area contributed by atoms with Crippen LogP contribution in [0.3, 0.4) is 0 Å². The summed E-state index contributed by atoms with van der Waals surface area (Å²) in [6, 6.07) is 14.6. The molecule has 2 aromatic rings. The van der Waals surface area contributed by atoms with Crippen molar-refractivity contribution in [2.24, 2.45) is 11.5 Å². The van der Waals surface area contributed by atoms with E-state index in [-0.39, 0.29) is 6.42 Å². The van der Waals surface area contributed by atoms with Gasteiger partial charge in [-0.1, -0.05) is 36.4 Å². The van der Waals surface area contributed by atoms with Crippen molar-refractivity contribution in [3.8, 4) is 5.75 Å². The SMILES string of the molecule is COC(=O)[C@H](Cc1ccc(OCc2ccccc2)c(I)c1)NC(=O)C(N)N. The number of esters is 1. The fraction of sp³-hybridized carbons (Fsp3) is 0.263. The third-order valence-electron chi connectivity index (χ3n) is 3.78. The number of ether oxygens (including phenoxy) is 2. The van der Waals surface area contributed by atoms with E-state index in [9.17, 15) is 9.59 Å². The molecule has 0 aromatic heterocycles. The minimum Gasteiger partial charge on any atom is -0.488 e. The monoisotopic (exact) mass is 483 g/mol. The van der Waals surface area contributed by atoms with Crippen LogP contribution in [0, 0.1) is 3.57 Å². The zero-order valence-corrected chi connectivity index (χ0v) is 17.0. The Morgan fingerprint density at radius 1 is 1.11 bits per heavy atom. The molecule has 0 bridgehead atoms. The van der Waals surface area contributed by atoms with Gasteiger partial charge in [-0.25, -0.2) is 4.79 Å². The number of hydrogen-bond donors (Lipinski definition) is 3. The number of methoxy groups -OCH3 is 1. The van der Waals surface area contributed by atoms with Crippen molar-refractivity contribution < 1.29 is 19.1 Å². The van der Waals surface area contributed by atoms with Gasteiger partial charge in [-0.15, -0.1) is 0 Å². The zero-order chi connectivity index (χ0) is 19.8. The lowest BCUT2D eigenvalue weighted by Crippen LogP contribution is -2.53. The van der Waals surface area contributed by atoms with Crippen LogP contribution in [0.1, 0.15) is 11.1 Å². The Morgan fingerprint density at radius 2 is 1.81 bits per heavy atom. The number of nitrogens with one attached hydrogen (secondary N) is 1. The summed E-state index contributed by atoms with van der Waals surface area (Å²) < 4.78 is 11.5. The highest BCUT2D eigenvalue weighted by molar-refractivity contribution is 14.1. The van der Waals surface area contributed by atoms with Crippen molar-refractivity contribution >= 4 is 34.5 Å². The molecule has 1 atom stereocenters. The van der Waals surface area contributed by atoms with Crippen LogP contribution in [-0.2, 0) is 27.4 Å². The number of benzene rings is 2. The van der Waals surface area contributed by atoms with Gasteiger partial charge < -0.3 is 26.3 Å². The van der Waals surface area contributed by atoms with Gasteiger partial charge in [0.15, 0.2) is 0 Å². The minimum absolute atomic E-state index is 0.250. The van der Waals surface area contributed by atoms with Crippen LogP contribution in [-0.4, -0.2) is 31.2 Å². The fourth-order valence-electron chi connectivity index (χ4n) is 2.36. The van der Waals surface area contributed by atoms with Crippen LogP contribution >= 0.6 is 22.6 Å². The maximum Gasteiger partial charge on any atom is 0.328 e. The molecule has 2 aromatic carbocycles. The first-order chi connectivity index (χ1) is 12.9. The average Bonchev–Trinajstić information content (AvgIpc) is 2.66. The van der Waals surface area contributed by atoms with E-state index in [1.54, 1.807) is 0 Å². The van der Waals surface area contributed by atoms with Crippen molar-refractivity contribution in [3.05, 3.63) is 63.2 Å². The summed E-state index contributed by atoms with van der Waals surface area (Å²) in [6.07, 6.45) is -0.953. The quantitative estimate of drug-likeness (QED) is 0.296. The van der Waals surface area contributed by atoms with E-state index < -0.39 is 24.1 Å². The van der Waals surface area contributed by atoms with E-state index in [1.165, 1.54) is 7.11 Å². The highest BCUT2D eigenvalue weighted by Gasteiger charge is 2.23. The number of carbonyl (C=O) groups excluding carboxylic acids is 2. The molecule has 144 valence electrons. The molecule has 5 N–H and O–H groups in total. The first kappa shape index (κ1) is 21.1. The Labute approximate surface area is 171 Å². The largest absolute Gasteiger partial charge is 0.488 e. The van der Waals surface area contributed by atoms with E-state index in [0.717, 1.165) is 20.4 Å². The van der Waals surface area contributed by atoms with Crippen LogP contribution in [0.15, 0.2) is 48.5 Å². The van der Waals surface area contributed by atoms with Crippen molar-refractivity contribution in [3.63, 3.8) is 0 Å². The van der Waals surface area contributed by atoms with Gasteiger partial charge in [-0.2, -0.15) is 0 Å². The number of nitrogens with two attached hydrogens (primary N) is 2.